The van der Waals surface area contributed by atoms with Gasteiger partial charge in [-0.25, -0.2) is 5.48 Å². The van der Waals surface area contributed by atoms with Crippen LogP contribution in [0.4, 0.5) is 0 Å². The number of rotatable bonds is 5. The van der Waals surface area contributed by atoms with Crippen LogP contribution in [0.25, 0.3) is 11.1 Å². The van der Waals surface area contributed by atoms with Gasteiger partial charge >= 0.3 is 0 Å². The molecule has 3 aliphatic carbocycles. The molecule has 0 heterocycles. The third kappa shape index (κ3) is 4.02. The number of nitrogens with zero attached hydrogens (tertiary/aromatic N) is 1. The molecule has 0 saturated heterocycles. The summed E-state index contributed by atoms with van der Waals surface area (Å²) in [4.78, 5) is 58.0. The second-order valence-electron chi connectivity index (χ2n) is 10.7. The number of allylic oxidation sites excluding steroid dienone is 1. The van der Waals surface area contributed by atoms with Crippen molar-refractivity contribution in [1.29, 1.82) is 0 Å². The molecule has 12 nitrogen and oxygen atoms in total. The summed E-state index contributed by atoms with van der Waals surface area (Å²) in [5, 5.41) is 44.8. The van der Waals surface area contributed by atoms with Crippen LogP contribution in [0.5, 0.6) is 5.75 Å². The van der Waals surface area contributed by atoms with Gasteiger partial charge in [0.15, 0.2) is 11.4 Å². The van der Waals surface area contributed by atoms with Gasteiger partial charge in [0.05, 0.1) is 18.7 Å². The fraction of sp³-hybridized carbons (Fsp3) is 0.310. The van der Waals surface area contributed by atoms with E-state index in [1.165, 1.54) is 18.1 Å². The molecule has 12 heteroatoms. The van der Waals surface area contributed by atoms with Gasteiger partial charge in [0.2, 0.25) is 5.78 Å². The molecule has 0 fully saturated rings. The highest BCUT2D eigenvalue weighted by Crippen LogP contribution is 2.53. The number of aliphatic hydroxyl groups excluding tert-OH is 2. The zero-order valence-electron chi connectivity index (χ0n) is 22.5. The number of amides is 2. The van der Waals surface area contributed by atoms with Gasteiger partial charge in [0.25, 0.3) is 11.8 Å². The van der Waals surface area contributed by atoms with Crippen molar-refractivity contribution >= 4 is 23.4 Å². The number of benzene rings is 2. The van der Waals surface area contributed by atoms with Crippen molar-refractivity contribution in [2.45, 2.75) is 24.5 Å². The third-order valence-electron chi connectivity index (χ3n) is 8.24. The average Bonchev–Trinajstić information content (AvgIpc) is 2.90. The minimum Gasteiger partial charge on any atom is -0.510 e. The lowest BCUT2D eigenvalue weighted by Gasteiger charge is -2.50. The Morgan fingerprint density at radius 2 is 1.83 bits per heavy atom. The number of Topliss-reactive ketones (excluding diaryl/α,β-unsaturated/α-hetero) is 2. The number of carbonyl (C=O) groups excluding carboxylic acids is 4. The number of nitrogens with one attached hydrogen (secondary N) is 1. The molecule has 41 heavy (non-hydrogen) atoms. The highest BCUT2D eigenvalue weighted by Gasteiger charge is 2.63. The number of hydrogen-bond donors (Lipinski definition) is 6. The number of aliphatic hydroxyl groups is 3. The van der Waals surface area contributed by atoms with Gasteiger partial charge in [-0.15, -0.1) is 0 Å². The van der Waals surface area contributed by atoms with E-state index in [4.69, 9.17) is 10.6 Å². The van der Waals surface area contributed by atoms with Gasteiger partial charge in [-0.2, -0.15) is 0 Å². The van der Waals surface area contributed by atoms with Crippen LogP contribution in [0, 0.1) is 11.8 Å². The van der Waals surface area contributed by atoms with Crippen LogP contribution in [0.15, 0.2) is 59.1 Å². The predicted molar refractivity (Wildman–Crippen MR) is 144 cm³/mol. The number of primary amides is 1. The minimum absolute atomic E-state index is 0.0306. The van der Waals surface area contributed by atoms with Crippen LogP contribution in [-0.2, 0) is 20.8 Å². The molecule has 2 aromatic carbocycles. The quantitative estimate of drug-likeness (QED) is 0.226. The first kappa shape index (κ1) is 28.0. The summed E-state index contributed by atoms with van der Waals surface area (Å²) in [7, 11) is 4.44. The smallest absolute Gasteiger partial charge is 0.274 e. The van der Waals surface area contributed by atoms with Gasteiger partial charge in [0, 0.05) is 17.1 Å². The summed E-state index contributed by atoms with van der Waals surface area (Å²) in [6.07, 6.45) is 0.0872. The molecular weight excluding hydrogens is 534 g/mol. The van der Waals surface area contributed by atoms with Crippen LogP contribution < -0.4 is 11.2 Å². The molecule has 214 valence electrons. The van der Waals surface area contributed by atoms with Crippen molar-refractivity contribution in [3.63, 3.8) is 0 Å². The van der Waals surface area contributed by atoms with E-state index in [0.717, 1.165) is 0 Å². The monoisotopic (exact) mass is 563 g/mol. The van der Waals surface area contributed by atoms with Gasteiger partial charge < -0.3 is 26.2 Å². The van der Waals surface area contributed by atoms with E-state index in [2.05, 4.69) is 5.48 Å². The molecule has 0 saturated carbocycles. The number of phenols is 1. The molecule has 0 unspecified atom stereocenters. The summed E-state index contributed by atoms with van der Waals surface area (Å²) < 4.78 is 0. The SMILES string of the molecule is CONC(=O)c1cccc(-c2ccc(O)c3c2C[C@@H]2C[C@@H]4[C@@H](N(C)C)C(O)=C(C(N)=O)C(=O)[C@]4(O)C(O)=C2C3=O)c1. The normalized spacial score (nSPS) is 25.5. The largest absolute Gasteiger partial charge is 0.510 e. The predicted octanol–water partition coefficient (Wildman–Crippen LogP) is 1.08. The van der Waals surface area contributed by atoms with E-state index in [1.54, 1.807) is 44.4 Å². The van der Waals surface area contributed by atoms with Crippen LogP contribution >= 0.6 is 0 Å². The number of hydrogen-bond acceptors (Lipinski definition) is 10. The van der Waals surface area contributed by atoms with Crippen LogP contribution in [-0.4, -0.2) is 81.6 Å². The van der Waals surface area contributed by atoms with Crippen molar-refractivity contribution < 1.29 is 44.4 Å². The maximum absolute atomic E-state index is 13.9. The van der Waals surface area contributed by atoms with Crippen molar-refractivity contribution in [1.82, 2.24) is 10.4 Å². The van der Waals surface area contributed by atoms with Crippen molar-refractivity contribution in [2.24, 2.45) is 17.6 Å². The number of aromatic hydroxyl groups is 1. The number of phenolic OH excluding ortho intramolecular Hbond substituents is 1. The van der Waals surface area contributed by atoms with Gasteiger partial charge in [-0.3, -0.25) is 28.9 Å². The Morgan fingerprint density at radius 3 is 2.46 bits per heavy atom. The highest BCUT2D eigenvalue weighted by atomic mass is 16.6. The van der Waals surface area contributed by atoms with Crippen LogP contribution in [0.3, 0.4) is 0 Å². The van der Waals surface area contributed by atoms with Crippen LogP contribution in [0.2, 0.25) is 0 Å². The molecule has 2 amide bonds. The Balaban J connectivity index is 1.68. The minimum atomic E-state index is -2.71. The van der Waals surface area contributed by atoms with E-state index in [0.29, 0.717) is 16.7 Å². The number of likely N-dealkylation sites (N-methyl/N-ethyl adjacent to an activating group) is 1. The van der Waals surface area contributed by atoms with Gasteiger partial charge in [-0.1, -0.05) is 18.2 Å². The molecule has 0 aromatic heterocycles. The molecule has 5 rings (SSSR count). The van der Waals surface area contributed by atoms with Crippen LogP contribution in [0.1, 0.15) is 32.7 Å². The molecule has 0 spiro atoms. The zero-order chi connectivity index (χ0) is 30.0. The first-order valence-corrected chi connectivity index (χ1v) is 12.8. The van der Waals surface area contributed by atoms with E-state index in [1.807, 2.05) is 0 Å². The third-order valence-corrected chi connectivity index (χ3v) is 8.24. The first-order valence-electron chi connectivity index (χ1n) is 12.8. The number of hydroxylamine groups is 1. The van der Waals surface area contributed by atoms with E-state index >= 15 is 0 Å². The standard InChI is InChI=1S/C29H29N3O9/c1-32(2)22-17-11-14-10-16-15(12-5-4-6-13(9-12)28(39)31-41-3)7-8-18(33)20(16)23(34)19(14)25(36)29(17,40)26(37)21(24(22)35)27(30)38/h4-9,14,17,22,33,35-36,40H,10-11H2,1-3H3,(H2,30,38)(H,31,39)/t14-,17-,22-,29-/m1/s1. The Labute approximate surface area is 234 Å². The molecule has 4 atom stereocenters. The van der Waals surface area contributed by atoms with Crippen molar-refractivity contribution in [3.8, 4) is 16.9 Å². The lowest BCUT2D eigenvalue weighted by atomic mass is 9.58. The number of nitrogens with two attached hydrogens (primary N) is 1. The second kappa shape index (κ2) is 9.84. The maximum Gasteiger partial charge on any atom is 0.274 e. The fourth-order valence-corrected chi connectivity index (χ4v) is 6.50. The average molecular weight is 564 g/mol. The summed E-state index contributed by atoms with van der Waals surface area (Å²) in [5.74, 6) is -7.64. The molecule has 2 aromatic rings. The molecule has 3 aliphatic rings. The maximum atomic E-state index is 13.9. The summed E-state index contributed by atoms with van der Waals surface area (Å²) in [6, 6.07) is 8.42. The van der Waals surface area contributed by atoms with Crippen molar-refractivity contribution in [3.05, 3.63) is 75.8 Å². The Hall–Kier alpha value is -4.52. The van der Waals surface area contributed by atoms with Gasteiger partial charge in [0.1, 0.15) is 22.8 Å². The van der Waals surface area contributed by atoms with E-state index in [9.17, 15) is 39.6 Å². The lowest BCUT2D eigenvalue weighted by Crippen LogP contribution is -2.63. The number of carbonyl (C=O) groups is 4. The van der Waals surface area contributed by atoms with E-state index in [-0.39, 0.29) is 35.3 Å². The molecular formula is C29H29N3O9. The highest BCUT2D eigenvalue weighted by molar-refractivity contribution is 6.25. The Kier molecular flexibility index (Phi) is 6.72. The van der Waals surface area contributed by atoms with Crippen molar-refractivity contribution in [2.75, 3.05) is 21.2 Å². The second-order valence-corrected chi connectivity index (χ2v) is 10.7. The first-order chi connectivity index (χ1) is 19.3. The molecule has 0 bridgehead atoms. The topological polar surface area (TPSA) is 200 Å². The Bertz CT molecular complexity index is 1590. The van der Waals surface area contributed by atoms with E-state index < -0.39 is 64.0 Å². The fourth-order valence-electron chi connectivity index (χ4n) is 6.50. The van der Waals surface area contributed by atoms with Gasteiger partial charge in [-0.05, 0) is 67.7 Å². The number of ketones is 2. The molecule has 0 aliphatic heterocycles. The number of fused-ring (bicyclic) bond motifs is 3. The summed E-state index contributed by atoms with van der Waals surface area (Å²) in [5.41, 5.74) is 5.55. The zero-order valence-corrected chi connectivity index (χ0v) is 22.5. The Morgan fingerprint density at radius 1 is 1.12 bits per heavy atom. The molecule has 7 N–H and O–H groups in total. The lowest BCUT2D eigenvalue weighted by molar-refractivity contribution is -0.148. The molecule has 0 radical (unpaired) electrons. The summed E-state index contributed by atoms with van der Waals surface area (Å²) >= 11 is 0. The summed E-state index contributed by atoms with van der Waals surface area (Å²) in [6.45, 7) is 0.